The second-order valence-electron chi connectivity index (χ2n) is 9.63. The normalized spacial score (nSPS) is 14.8. The summed E-state index contributed by atoms with van der Waals surface area (Å²) in [5, 5.41) is 0. The summed E-state index contributed by atoms with van der Waals surface area (Å²) in [6.07, 6.45) is 1.82. The largest absolute Gasteiger partial charge is 0.490 e. The van der Waals surface area contributed by atoms with Crippen molar-refractivity contribution in [2.75, 3.05) is 13.2 Å². The molecule has 8 heteroatoms. The van der Waals surface area contributed by atoms with Crippen LogP contribution in [0.2, 0.25) is 0 Å². The van der Waals surface area contributed by atoms with E-state index in [1.807, 2.05) is 92.7 Å². The number of nitrogens with zero attached hydrogens (tertiary/aromatic N) is 2. The molecule has 0 N–H and O–H groups in total. The molecule has 1 atom stereocenters. The van der Waals surface area contributed by atoms with E-state index < -0.39 is 12.0 Å². The number of fused-ring (bicyclic) bond motifs is 1. The molecule has 1 aliphatic heterocycles. The van der Waals surface area contributed by atoms with Crippen LogP contribution in [0.3, 0.4) is 0 Å². The van der Waals surface area contributed by atoms with Crippen LogP contribution in [0.4, 0.5) is 0 Å². The first-order chi connectivity index (χ1) is 19.9. The second kappa shape index (κ2) is 12.4. The van der Waals surface area contributed by atoms with E-state index >= 15 is 0 Å². The Balaban J connectivity index is 1.56. The van der Waals surface area contributed by atoms with Crippen LogP contribution in [-0.4, -0.2) is 23.8 Å². The number of thiazole rings is 1. The average molecular weight is 569 g/mol. The van der Waals surface area contributed by atoms with Crippen molar-refractivity contribution in [3.63, 3.8) is 0 Å². The van der Waals surface area contributed by atoms with Gasteiger partial charge in [0, 0.05) is 0 Å². The molecule has 5 rings (SSSR count). The number of rotatable bonds is 9. The highest BCUT2D eigenvalue weighted by molar-refractivity contribution is 7.07. The fourth-order valence-electron chi connectivity index (χ4n) is 4.74. The lowest BCUT2D eigenvalue weighted by molar-refractivity contribution is -0.139. The number of carbonyl (C=O) groups excluding carboxylic acids is 1. The van der Waals surface area contributed by atoms with Gasteiger partial charge in [0.05, 0.1) is 35.1 Å². The van der Waals surface area contributed by atoms with Gasteiger partial charge in [0.2, 0.25) is 0 Å². The molecule has 0 fully saturated rings. The molecule has 0 saturated heterocycles. The minimum absolute atomic E-state index is 0.226. The van der Waals surface area contributed by atoms with E-state index in [-0.39, 0.29) is 12.2 Å². The molecular weight excluding hydrogens is 536 g/mol. The Morgan fingerprint density at radius 2 is 1.71 bits per heavy atom. The van der Waals surface area contributed by atoms with E-state index in [4.69, 9.17) is 14.2 Å². The van der Waals surface area contributed by atoms with Gasteiger partial charge in [-0.25, -0.2) is 9.79 Å². The molecule has 1 aromatic heterocycles. The second-order valence-corrected chi connectivity index (χ2v) is 10.6. The first-order valence-electron chi connectivity index (χ1n) is 13.6. The SMILES string of the molecule is CCOC(=O)C1=C(C)N=c2s/c(=C\c3ccc(OCc4ccccc4)c(OCC)c3)c(=O)n2C1c1ccc(C)cc1. The molecule has 0 saturated carbocycles. The fraction of sp³-hybridized carbons (Fsp3) is 0.242. The number of esters is 1. The third-order valence-corrected chi connectivity index (χ3v) is 7.70. The Morgan fingerprint density at radius 3 is 2.41 bits per heavy atom. The van der Waals surface area contributed by atoms with Crippen LogP contribution in [0.15, 0.2) is 93.9 Å². The Morgan fingerprint density at radius 1 is 0.951 bits per heavy atom. The van der Waals surface area contributed by atoms with Crippen LogP contribution < -0.4 is 24.4 Å². The zero-order chi connectivity index (χ0) is 28.9. The Hall–Kier alpha value is -4.43. The van der Waals surface area contributed by atoms with Crippen molar-refractivity contribution in [3.05, 3.63) is 126 Å². The van der Waals surface area contributed by atoms with E-state index in [0.717, 1.165) is 22.3 Å². The molecule has 0 radical (unpaired) electrons. The van der Waals surface area contributed by atoms with Gasteiger partial charge in [-0.1, -0.05) is 77.6 Å². The molecule has 210 valence electrons. The van der Waals surface area contributed by atoms with Crippen molar-refractivity contribution in [2.45, 2.75) is 40.3 Å². The summed E-state index contributed by atoms with van der Waals surface area (Å²) < 4.78 is 19.4. The molecule has 1 unspecified atom stereocenters. The maximum Gasteiger partial charge on any atom is 0.338 e. The van der Waals surface area contributed by atoms with Gasteiger partial charge in [-0.2, -0.15) is 0 Å². The minimum atomic E-state index is -0.638. The van der Waals surface area contributed by atoms with Crippen molar-refractivity contribution in [1.29, 1.82) is 0 Å². The zero-order valence-corrected chi connectivity index (χ0v) is 24.4. The van der Waals surface area contributed by atoms with Crippen molar-refractivity contribution in [3.8, 4) is 11.5 Å². The predicted octanol–water partition coefficient (Wildman–Crippen LogP) is 5.08. The lowest BCUT2D eigenvalue weighted by atomic mass is 9.95. The lowest BCUT2D eigenvalue weighted by Gasteiger charge is -2.24. The van der Waals surface area contributed by atoms with Gasteiger partial charge >= 0.3 is 5.97 Å². The molecule has 0 amide bonds. The summed E-state index contributed by atoms with van der Waals surface area (Å²) in [5.74, 6) is 0.757. The van der Waals surface area contributed by atoms with Crippen molar-refractivity contribution >= 4 is 23.4 Å². The number of aromatic nitrogens is 1. The monoisotopic (exact) mass is 568 g/mol. The molecule has 1 aliphatic rings. The summed E-state index contributed by atoms with van der Waals surface area (Å²) in [7, 11) is 0. The highest BCUT2D eigenvalue weighted by atomic mass is 32.1. The Bertz CT molecular complexity index is 1770. The van der Waals surface area contributed by atoms with Gasteiger partial charge in [-0.15, -0.1) is 0 Å². The lowest BCUT2D eigenvalue weighted by Crippen LogP contribution is -2.39. The standard InChI is InChI=1S/C33H32N2O5S/c1-5-38-27-18-24(14-17-26(27)40-20-23-10-8-7-9-11-23)19-28-31(36)35-30(25-15-12-21(3)13-16-25)29(32(37)39-6-2)22(4)34-33(35)41-28/h7-19,30H,5-6,20H2,1-4H3/b28-19-. The smallest absolute Gasteiger partial charge is 0.338 e. The quantitative estimate of drug-likeness (QED) is 0.263. The third-order valence-electron chi connectivity index (χ3n) is 6.71. The summed E-state index contributed by atoms with van der Waals surface area (Å²) in [5.41, 5.74) is 4.43. The molecule has 7 nitrogen and oxygen atoms in total. The topological polar surface area (TPSA) is 79.1 Å². The number of aryl methyl sites for hydroxylation is 1. The van der Waals surface area contributed by atoms with E-state index in [1.54, 1.807) is 18.4 Å². The Kier molecular flexibility index (Phi) is 8.50. The van der Waals surface area contributed by atoms with Gasteiger partial charge < -0.3 is 14.2 Å². The van der Waals surface area contributed by atoms with Crippen LogP contribution in [0, 0.1) is 6.92 Å². The molecule has 0 aliphatic carbocycles. The van der Waals surface area contributed by atoms with Gasteiger partial charge in [0.1, 0.15) is 6.61 Å². The van der Waals surface area contributed by atoms with E-state index in [0.29, 0.717) is 45.3 Å². The van der Waals surface area contributed by atoms with Crippen LogP contribution in [-0.2, 0) is 16.1 Å². The number of hydrogen-bond donors (Lipinski definition) is 0. The predicted molar refractivity (Wildman–Crippen MR) is 160 cm³/mol. The first kappa shape index (κ1) is 28.1. The highest BCUT2D eigenvalue weighted by Crippen LogP contribution is 2.32. The first-order valence-corrected chi connectivity index (χ1v) is 14.4. The van der Waals surface area contributed by atoms with E-state index in [1.165, 1.54) is 11.3 Å². The fourth-order valence-corrected chi connectivity index (χ4v) is 5.79. The number of benzene rings is 3. The maximum atomic E-state index is 13.9. The van der Waals surface area contributed by atoms with Gasteiger partial charge in [-0.3, -0.25) is 9.36 Å². The third kappa shape index (κ3) is 6.02. The van der Waals surface area contributed by atoms with Crippen LogP contribution in [0.5, 0.6) is 11.5 Å². The number of allylic oxidation sites excluding steroid dienone is 1. The molecule has 0 bridgehead atoms. The van der Waals surface area contributed by atoms with Crippen molar-refractivity contribution < 1.29 is 19.0 Å². The summed E-state index contributed by atoms with van der Waals surface area (Å²) in [6.45, 7) is 8.58. The van der Waals surface area contributed by atoms with E-state index in [9.17, 15) is 9.59 Å². The molecule has 4 aromatic rings. The van der Waals surface area contributed by atoms with Crippen molar-refractivity contribution in [1.82, 2.24) is 4.57 Å². The van der Waals surface area contributed by atoms with Gasteiger partial charge in [-0.05, 0) is 62.6 Å². The number of hydrogen-bond acceptors (Lipinski definition) is 7. The minimum Gasteiger partial charge on any atom is -0.490 e. The molecule has 0 spiro atoms. The molecular formula is C33H32N2O5S. The number of ether oxygens (including phenoxy) is 3. The van der Waals surface area contributed by atoms with Crippen molar-refractivity contribution in [2.24, 2.45) is 4.99 Å². The molecule has 41 heavy (non-hydrogen) atoms. The van der Waals surface area contributed by atoms with Crippen LogP contribution in [0.25, 0.3) is 6.08 Å². The molecule has 3 aromatic carbocycles. The maximum absolute atomic E-state index is 13.9. The van der Waals surface area contributed by atoms with Crippen LogP contribution in [0.1, 0.15) is 49.1 Å². The highest BCUT2D eigenvalue weighted by Gasteiger charge is 2.33. The number of carbonyl (C=O) groups is 1. The zero-order valence-electron chi connectivity index (χ0n) is 23.5. The van der Waals surface area contributed by atoms with Gasteiger partial charge in [0.25, 0.3) is 5.56 Å². The Labute approximate surface area is 242 Å². The van der Waals surface area contributed by atoms with Gasteiger partial charge in [0.15, 0.2) is 16.3 Å². The molecule has 2 heterocycles. The summed E-state index contributed by atoms with van der Waals surface area (Å²) in [6, 6.07) is 22.7. The van der Waals surface area contributed by atoms with Crippen LogP contribution >= 0.6 is 11.3 Å². The summed E-state index contributed by atoms with van der Waals surface area (Å²) >= 11 is 1.29. The average Bonchev–Trinajstić information content (AvgIpc) is 3.27. The van der Waals surface area contributed by atoms with E-state index in [2.05, 4.69) is 4.99 Å². The summed E-state index contributed by atoms with van der Waals surface area (Å²) in [4.78, 5) is 32.1.